The molecule has 0 aliphatic carbocycles. The van der Waals surface area contributed by atoms with Crippen molar-refractivity contribution in [2.75, 3.05) is 32.6 Å². The summed E-state index contributed by atoms with van der Waals surface area (Å²) in [5.74, 6) is 0.804. The maximum absolute atomic E-state index is 12.0. The molecule has 0 spiro atoms. The van der Waals surface area contributed by atoms with Crippen LogP contribution in [-0.2, 0) is 4.74 Å². The summed E-state index contributed by atoms with van der Waals surface area (Å²) >= 11 is 0.0706. The van der Waals surface area contributed by atoms with E-state index in [0.29, 0.717) is 18.9 Å². The monoisotopic (exact) mass is 273 g/mol. The summed E-state index contributed by atoms with van der Waals surface area (Å²) in [5, 5.41) is 3.20. The predicted octanol–water partition coefficient (Wildman–Crippen LogP) is 3.14. The molecule has 0 aromatic heterocycles. The van der Waals surface area contributed by atoms with E-state index in [0.717, 1.165) is 13.1 Å². The van der Waals surface area contributed by atoms with E-state index in [1.54, 1.807) is 7.11 Å². The number of hydrogen-bond acceptors (Lipinski definition) is 3. The number of thioether (sulfide) groups is 1. The highest BCUT2D eigenvalue weighted by Gasteiger charge is 2.28. The van der Waals surface area contributed by atoms with Gasteiger partial charge in [-0.3, -0.25) is 0 Å². The second-order valence-electron chi connectivity index (χ2n) is 4.28. The maximum atomic E-state index is 12.0. The van der Waals surface area contributed by atoms with Gasteiger partial charge >= 0.3 is 5.51 Å². The Balaban J connectivity index is 3.75. The standard InChI is InChI=1S/C11H22F3NOS/c1-9(2)10(8-15-5-6-16-3)4-7-17-11(12,13)14/h9-10,15H,4-8H2,1-3H3. The first kappa shape index (κ1) is 17.1. The van der Waals surface area contributed by atoms with E-state index in [1.165, 1.54) is 0 Å². The number of rotatable bonds is 9. The molecule has 0 aliphatic heterocycles. The van der Waals surface area contributed by atoms with Gasteiger partial charge in [0.2, 0.25) is 0 Å². The number of alkyl halides is 3. The third kappa shape index (κ3) is 10.9. The lowest BCUT2D eigenvalue weighted by Crippen LogP contribution is -2.29. The molecule has 1 unspecified atom stereocenters. The van der Waals surface area contributed by atoms with Crippen molar-refractivity contribution in [3.05, 3.63) is 0 Å². The van der Waals surface area contributed by atoms with Crippen molar-refractivity contribution in [2.45, 2.75) is 25.8 Å². The largest absolute Gasteiger partial charge is 0.441 e. The first-order chi connectivity index (χ1) is 7.87. The number of hydrogen-bond donors (Lipinski definition) is 1. The molecule has 0 aromatic carbocycles. The molecule has 0 radical (unpaired) electrons. The average Bonchev–Trinajstić information content (AvgIpc) is 2.19. The molecule has 0 aliphatic rings. The lowest BCUT2D eigenvalue weighted by atomic mass is 9.93. The van der Waals surface area contributed by atoms with Crippen LogP contribution in [-0.4, -0.2) is 38.1 Å². The summed E-state index contributed by atoms with van der Waals surface area (Å²) in [7, 11) is 1.63. The predicted molar refractivity (Wildman–Crippen MR) is 66.2 cm³/mol. The van der Waals surface area contributed by atoms with Crippen LogP contribution in [0.5, 0.6) is 0 Å². The Hall–Kier alpha value is 0.0600. The van der Waals surface area contributed by atoms with Crippen LogP contribution < -0.4 is 5.32 Å². The van der Waals surface area contributed by atoms with Crippen molar-refractivity contribution in [1.29, 1.82) is 0 Å². The van der Waals surface area contributed by atoms with Crippen LogP contribution in [0.2, 0.25) is 0 Å². The first-order valence-electron chi connectivity index (χ1n) is 5.77. The topological polar surface area (TPSA) is 21.3 Å². The highest BCUT2D eigenvalue weighted by atomic mass is 32.2. The highest BCUT2D eigenvalue weighted by Crippen LogP contribution is 2.32. The van der Waals surface area contributed by atoms with Crippen LogP contribution in [0.4, 0.5) is 13.2 Å². The molecule has 0 rings (SSSR count). The molecule has 0 bridgehead atoms. The van der Waals surface area contributed by atoms with Crippen molar-refractivity contribution in [3.63, 3.8) is 0 Å². The minimum absolute atomic E-state index is 0.0706. The Morgan fingerprint density at radius 1 is 1.29 bits per heavy atom. The lowest BCUT2D eigenvalue weighted by Gasteiger charge is -2.21. The summed E-state index contributed by atoms with van der Waals surface area (Å²) < 4.78 is 40.9. The summed E-state index contributed by atoms with van der Waals surface area (Å²) in [6.45, 7) is 6.20. The molecule has 1 atom stereocenters. The third-order valence-electron chi connectivity index (χ3n) is 2.59. The maximum Gasteiger partial charge on any atom is 0.441 e. The first-order valence-corrected chi connectivity index (χ1v) is 6.75. The summed E-state index contributed by atoms with van der Waals surface area (Å²) in [4.78, 5) is 0. The molecule has 2 nitrogen and oxygen atoms in total. The zero-order valence-electron chi connectivity index (χ0n) is 10.6. The van der Waals surface area contributed by atoms with Gasteiger partial charge < -0.3 is 10.1 Å². The quantitative estimate of drug-likeness (QED) is 0.652. The van der Waals surface area contributed by atoms with Gasteiger partial charge in [-0.2, -0.15) is 13.2 Å². The van der Waals surface area contributed by atoms with Crippen molar-refractivity contribution >= 4 is 11.8 Å². The Labute approximate surface area is 106 Å². The van der Waals surface area contributed by atoms with E-state index >= 15 is 0 Å². The van der Waals surface area contributed by atoms with Crippen molar-refractivity contribution in [1.82, 2.24) is 5.32 Å². The van der Waals surface area contributed by atoms with Gasteiger partial charge in [0.1, 0.15) is 0 Å². The van der Waals surface area contributed by atoms with E-state index in [4.69, 9.17) is 4.74 Å². The highest BCUT2D eigenvalue weighted by molar-refractivity contribution is 8.00. The molecule has 0 heterocycles. The van der Waals surface area contributed by atoms with Crippen molar-refractivity contribution in [2.24, 2.45) is 11.8 Å². The molecule has 0 saturated heterocycles. The van der Waals surface area contributed by atoms with E-state index < -0.39 is 5.51 Å². The van der Waals surface area contributed by atoms with Gasteiger partial charge in [-0.1, -0.05) is 25.6 Å². The zero-order valence-corrected chi connectivity index (χ0v) is 11.5. The van der Waals surface area contributed by atoms with Gasteiger partial charge in [0, 0.05) is 19.4 Å². The number of nitrogens with one attached hydrogen (secondary N) is 1. The van der Waals surface area contributed by atoms with Crippen LogP contribution in [0.25, 0.3) is 0 Å². The lowest BCUT2D eigenvalue weighted by molar-refractivity contribution is -0.0328. The number of halogens is 3. The van der Waals surface area contributed by atoms with Crippen LogP contribution in [0.15, 0.2) is 0 Å². The minimum Gasteiger partial charge on any atom is -0.383 e. The second kappa shape index (κ2) is 9.05. The molecule has 0 fully saturated rings. The van der Waals surface area contributed by atoms with Crippen LogP contribution >= 0.6 is 11.8 Å². The fraction of sp³-hybridized carbons (Fsp3) is 1.00. The Kier molecular flexibility index (Phi) is 9.08. The molecular weight excluding hydrogens is 251 g/mol. The Morgan fingerprint density at radius 2 is 1.94 bits per heavy atom. The summed E-state index contributed by atoms with van der Waals surface area (Å²) in [5.41, 5.74) is -4.11. The molecular formula is C11H22F3NOS. The van der Waals surface area contributed by atoms with Crippen LogP contribution in [0.1, 0.15) is 20.3 Å². The molecule has 0 saturated carbocycles. The second-order valence-corrected chi connectivity index (χ2v) is 5.44. The van der Waals surface area contributed by atoms with E-state index in [9.17, 15) is 13.2 Å². The number of methoxy groups -OCH3 is 1. The SMILES string of the molecule is COCCNCC(CCSC(F)(F)F)C(C)C. The van der Waals surface area contributed by atoms with E-state index in [2.05, 4.69) is 5.32 Å². The van der Waals surface area contributed by atoms with Gasteiger partial charge in [0.25, 0.3) is 0 Å². The zero-order chi connectivity index (χ0) is 13.3. The molecule has 17 heavy (non-hydrogen) atoms. The minimum atomic E-state index is -4.11. The Morgan fingerprint density at radius 3 is 2.41 bits per heavy atom. The fourth-order valence-electron chi connectivity index (χ4n) is 1.46. The summed E-state index contributed by atoms with van der Waals surface area (Å²) in [6.07, 6.45) is 0.585. The van der Waals surface area contributed by atoms with Gasteiger partial charge in [-0.25, -0.2) is 0 Å². The summed E-state index contributed by atoms with van der Waals surface area (Å²) in [6, 6.07) is 0. The normalized spacial score (nSPS) is 14.3. The van der Waals surface area contributed by atoms with Crippen molar-refractivity contribution < 1.29 is 17.9 Å². The smallest absolute Gasteiger partial charge is 0.383 e. The molecule has 1 N–H and O–H groups in total. The molecule has 0 aromatic rings. The van der Waals surface area contributed by atoms with E-state index in [-0.39, 0.29) is 23.4 Å². The van der Waals surface area contributed by atoms with E-state index in [1.807, 2.05) is 13.8 Å². The molecule has 104 valence electrons. The van der Waals surface area contributed by atoms with Gasteiger partial charge in [0.15, 0.2) is 0 Å². The molecule has 6 heteroatoms. The Bertz CT molecular complexity index is 188. The van der Waals surface area contributed by atoms with Crippen LogP contribution in [0, 0.1) is 11.8 Å². The average molecular weight is 273 g/mol. The molecule has 0 amide bonds. The fourth-order valence-corrected chi connectivity index (χ4v) is 2.11. The van der Waals surface area contributed by atoms with Gasteiger partial charge in [-0.05, 0) is 24.8 Å². The van der Waals surface area contributed by atoms with Crippen molar-refractivity contribution in [3.8, 4) is 0 Å². The third-order valence-corrected chi connectivity index (χ3v) is 3.35. The number of ether oxygens (including phenoxy) is 1. The van der Waals surface area contributed by atoms with Gasteiger partial charge in [0.05, 0.1) is 6.61 Å². The van der Waals surface area contributed by atoms with Crippen LogP contribution in [0.3, 0.4) is 0 Å². The van der Waals surface area contributed by atoms with Gasteiger partial charge in [-0.15, -0.1) is 0 Å².